The number of hydrogen-bond donors (Lipinski definition) is 0. The molecular weight excluding hydrogens is 356 g/mol. The molecule has 0 atom stereocenters. The largest absolute Gasteiger partial charge is 0.368 e. The predicted octanol–water partition coefficient (Wildman–Crippen LogP) is 1.73. The van der Waals surface area contributed by atoms with E-state index >= 15 is 0 Å². The molecule has 28 heavy (non-hydrogen) atoms. The van der Waals surface area contributed by atoms with Crippen LogP contribution in [0.4, 0.5) is 5.69 Å². The van der Waals surface area contributed by atoms with Crippen molar-refractivity contribution in [3.63, 3.8) is 0 Å². The number of hydrogen-bond acceptors (Lipinski definition) is 6. The maximum atomic E-state index is 12.8. The number of aromatic nitrogens is 4. The lowest BCUT2D eigenvalue weighted by Crippen LogP contribution is -2.49. The van der Waals surface area contributed by atoms with Crippen molar-refractivity contribution in [1.82, 2.24) is 24.6 Å². The molecule has 0 radical (unpaired) electrons. The Morgan fingerprint density at radius 2 is 1.86 bits per heavy atom. The summed E-state index contributed by atoms with van der Waals surface area (Å²) in [5.41, 5.74) is 2.13. The Bertz CT molecular complexity index is 1070. The summed E-state index contributed by atoms with van der Waals surface area (Å²) in [6, 6.07) is 8.95. The molecule has 8 nitrogen and oxygen atoms in total. The summed E-state index contributed by atoms with van der Waals surface area (Å²) in [6.07, 6.45) is 3.35. The van der Waals surface area contributed by atoms with Crippen molar-refractivity contribution in [2.24, 2.45) is 0 Å². The van der Waals surface area contributed by atoms with Crippen molar-refractivity contribution < 1.29 is 4.79 Å². The summed E-state index contributed by atoms with van der Waals surface area (Å²) in [4.78, 5) is 37.0. The minimum atomic E-state index is -0.198. The van der Waals surface area contributed by atoms with Crippen LogP contribution in [0.5, 0.6) is 0 Å². The number of carbonyl (C=O) groups excluding carboxylic acids is 1. The summed E-state index contributed by atoms with van der Waals surface area (Å²) >= 11 is 0. The second-order valence-electron chi connectivity index (χ2n) is 7.14. The average molecular weight is 378 g/mol. The number of fused-ring (bicyclic) bond motifs is 1. The van der Waals surface area contributed by atoms with E-state index in [1.54, 1.807) is 17.4 Å². The molecule has 1 aliphatic rings. The van der Waals surface area contributed by atoms with Gasteiger partial charge in [0.25, 0.3) is 11.5 Å². The van der Waals surface area contributed by atoms with E-state index in [0.717, 1.165) is 29.7 Å². The normalized spacial score (nSPS) is 14.7. The van der Waals surface area contributed by atoms with Crippen molar-refractivity contribution in [3.8, 4) is 0 Å². The first-order valence-corrected chi connectivity index (χ1v) is 9.37. The highest BCUT2D eigenvalue weighted by Crippen LogP contribution is 2.21. The zero-order valence-electron chi connectivity index (χ0n) is 15.9. The van der Waals surface area contributed by atoms with Crippen LogP contribution in [0.15, 0.2) is 47.7 Å². The van der Waals surface area contributed by atoms with Gasteiger partial charge in [-0.1, -0.05) is 0 Å². The highest BCUT2D eigenvalue weighted by atomic mass is 16.2. The minimum Gasteiger partial charge on any atom is -0.368 e. The molecule has 4 rings (SSSR count). The highest BCUT2D eigenvalue weighted by molar-refractivity contribution is 5.92. The second kappa shape index (κ2) is 7.38. The van der Waals surface area contributed by atoms with Gasteiger partial charge in [0.15, 0.2) is 0 Å². The molecule has 3 heterocycles. The molecule has 0 aliphatic carbocycles. The molecule has 0 bridgehead atoms. The quantitative estimate of drug-likeness (QED) is 0.690. The Morgan fingerprint density at radius 3 is 2.61 bits per heavy atom. The lowest BCUT2D eigenvalue weighted by molar-refractivity contribution is 0.0737. The van der Waals surface area contributed by atoms with Crippen LogP contribution < -0.4 is 10.5 Å². The smallest absolute Gasteiger partial charge is 0.274 e. The van der Waals surface area contributed by atoms with Gasteiger partial charge in [-0.25, -0.2) is 14.6 Å². The number of amides is 1. The zero-order valence-corrected chi connectivity index (χ0v) is 15.9. The van der Waals surface area contributed by atoms with Gasteiger partial charge in [0.1, 0.15) is 12.0 Å². The van der Waals surface area contributed by atoms with Crippen LogP contribution in [-0.2, 0) is 0 Å². The molecule has 144 valence electrons. The average Bonchev–Trinajstić information content (AvgIpc) is 2.73. The van der Waals surface area contributed by atoms with Crippen molar-refractivity contribution in [3.05, 3.63) is 58.9 Å². The third-order valence-corrected chi connectivity index (χ3v) is 4.95. The van der Waals surface area contributed by atoms with E-state index in [0.29, 0.717) is 18.8 Å². The van der Waals surface area contributed by atoms with Gasteiger partial charge in [-0.15, -0.1) is 0 Å². The molecular formula is C20H22N6O2. The Kier molecular flexibility index (Phi) is 4.77. The summed E-state index contributed by atoms with van der Waals surface area (Å²) in [7, 11) is 0. The van der Waals surface area contributed by atoms with Crippen molar-refractivity contribution >= 4 is 22.5 Å². The lowest BCUT2D eigenvalue weighted by Gasteiger charge is -2.36. The fourth-order valence-electron chi connectivity index (χ4n) is 3.41. The molecule has 0 N–H and O–H groups in total. The molecule has 2 aromatic heterocycles. The van der Waals surface area contributed by atoms with Crippen LogP contribution in [0.1, 0.15) is 30.4 Å². The molecule has 0 saturated carbocycles. The SMILES string of the molecule is CC(C)n1nc(C(=O)N2CCN(c3ccc4ncncc4c3)CC2)ccc1=O. The topological polar surface area (TPSA) is 84.2 Å². The summed E-state index contributed by atoms with van der Waals surface area (Å²) in [5, 5.41) is 5.24. The maximum Gasteiger partial charge on any atom is 0.274 e. The van der Waals surface area contributed by atoms with Crippen LogP contribution in [0.25, 0.3) is 10.9 Å². The number of anilines is 1. The molecule has 1 amide bonds. The monoisotopic (exact) mass is 378 g/mol. The fraction of sp³-hybridized carbons (Fsp3) is 0.350. The number of benzene rings is 1. The predicted molar refractivity (Wildman–Crippen MR) is 107 cm³/mol. The van der Waals surface area contributed by atoms with E-state index < -0.39 is 0 Å². The van der Waals surface area contributed by atoms with Crippen molar-refractivity contribution in [2.75, 3.05) is 31.1 Å². The Hall–Kier alpha value is -3.29. The minimum absolute atomic E-state index is 0.0889. The zero-order chi connectivity index (χ0) is 19.7. The Balaban J connectivity index is 1.47. The van der Waals surface area contributed by atoms with E-state index in [2.05, 4.69) is 26.0 Å². The van der Waals surface area contributed by atoms with Crippen LogP contribution >= 0.6 is 0 Å². The number of rotatable bonds is 3. The van der Waals surface area contributed by atoms with E-state index in [1.165, 1.54) is 16.8 Å². The van der Waals surface area contributed by atoms with Crippen LogP contribution in [0.3, 0.4) is 0 Å². The van der Waals surface area contributed by atoms with Gasteiger partial charge in [0, 0.05) is 49.5 Å². The number of nitrogens with zero attached hydrogens (tertiary/aromatic N) is 6. The molecule has 1 aromatic carbocycles. The lowest BCUT2D eigenvalue weighted by atomic mass is 10.2. The summed E-state index contributed by atoms with van der Waals surface area (Å²) in [5.74, 6) is -0.138. The molecule has 1 saturated heterocycles. The van der Waals surface area contributed by atoms with E-state index in [-0.39, 0.29) is 17.5 Å². The van der Waals surface area contributed by atoms with Gasteiger partial charge in [0.05, 0.1) is 11.6 Å². The Labute approximate surface area is 162 Å². The molecule has 0 spiro atoms. The summed E-state index contributed by atoms with van der Waals surface area (Å²) < 4.78 is 1.35. The van der Waals surface area contributed by atoms with E-state index in [4.69, 9.17) is 0 Å². The van der Waals surface area contributed by atoms with Crippen LogP contribution in [0, 0.1) is 0 Å². The van der Waals surface area contributed by atoms with Gasteiger partial charge < -0.3 is 9.80 Å². The first kappa shape index (κ1) is 18.1. The first-order chi connectivity index (χ1) is 13.5. The molecule has 0 unspecified atom stereocenters. The Morgan fingerprint density at radius 1 is 1.07 bits per heavy atom. The number of carbonyl (C=O) groups is 1. The van der Waals surface area contributed by atoms with E-state index in [1.807, 2.05) is 26.0 Å². The molecule has 1 aliphatic heterocycles. The highest BCUT2D eigenvalue weighted by Gasteiger charge is 2.24. The van der Waals surface area contributed by atoms with Gasteiger partial charge in [0.2, 0.25) is 0 Å². The molecule has 3 aromatic rings. The standard InChI is InChI=1S/C20H22N6O2/c1-14(2)26-19(27)6-5-18(23-26)20(28)25-9-7-24(8-10-25)16-3-4-17-15(11-16)12-21-13-22-17/h3-6,11-14H,7-10H2,1-2H3. The van der Waals surface area contributed by atoms with Gasteiger partial charge in [-0.2, -0.15) is 5.10 Å². The van der Waals surface area contributed by atoms with Crippen molar-refractivity contribution in [1.29, 1.82) is 0 Å². The summed E-state index contributed by atoms with van der Waals surface area (Å²) in [6.45, 7) is 6.41. The third-order valence-electron chi connectivity index (χ3n) is 4.95. The van der Waals surface area contributed by atoms with Crippen molar-refractivity contribution in [2.45, 2.75) is 19.9 Å². The molecule has 1 fully saturated rings. The van der Waals surface area contributed by atoms with Gasteiger partial charge in [-0.3, -0.25) is 9.59 Å². The third kappa shape index (κ3) is 3.45. The maximum absolute atomic E-state index is 12.8. The van der Waals surface area contributed by atoms with Crippen LogP contribution in [0.2, 0.25) is 0 Å². The van der Waals surface area contributed by atoms with E-state index in [9.17, 15) is 9.59 Å². The first-order valence-electron chi connectivity index (χ1n) is 9.37. The van der Waals surface area contributed by atoms with Gasteiger partial charge in [-0.05, 0) is 38.1 Å². The molecule has 8 heteroatoms. The second-order valence-corrected chi connectivity index (χ2v) is 7.14. The number of piperazine rings is 1. The van der Waals surface area contributed by atoms with Gasteiger partial charge >= 0.3 is 0 Å². The van der Waals surface area contributed by atoms with Crippen LogP contribution in [-0.4, -0.2) is 56.7 Å². The fourth-order valence-corrected chi connectivity index (χ4v) is 3.41.